The SMILES string of the molecule is Cc1noc([C@H]2CCN(Cc3ccc(-c4ccccc4C(=O)O)o3)C2)n1. The Labute approximate surface area is 150 Å². The van der Waals surface area contributed by atoms with E-state index in [9.17, 15) is 9.90 Å². The topological polar surface area (TPSA) is 92.6 Å². The maximum atomic E-state index is 11.4. The molecule has 134 valence electrons. The van der Waals surface area contributed by atoms with Crippen LogP contribution in [0.4, 0.5) is 0 Å². The van der Waals surface area contributed by atoms with E-state index in [1.807, 2.05) is 19.1 Å². The Morgan fingerprint density at radius 2 is 2.15 bits per heavy atom. The Morgan fingerprint density at radius 3 is 2.92 bits per heavy atom. The molecule has 0 radical (unpaired) electrons. The van der Waals surface area contributed by atoms with Crippen molar-refractivity contribution < 1.29 is 18.8 Å². The first-order chi connectivity index (χ1) is 12.6. The molecule has 7 nitrogen and oxygen atoms in total. The van der Waals surface area contributed by atoms with Crippen LogP contribution in [0.2, 0.25) is 0 Å². The molecule has 0 bridgehead atoms. The number of carboxylic acid groups (broad SMARTS) is 1. The number of carbonyl (C=O) groups is 1. The smallest absolute Gasteiger partial charge is 0.336 e. The zero-order valence-corrected chi connectivity index (χ0v) is 14.4. The normalized spacial score (nSPS) is 17.7. The van der Waals surface area contributed by atoms with Crippen molar-refractivity contribution in [2.24, 2.45) is 0 Å². The van der Waals surface area contributed by atoms with Crippen molar-refractivity contribution in [3.63, 3.8) is 0 Å². The van der Waals surface area contributed by atoms with Crippen LogP contribution in [0, 0.1) is 6.92 Å². The van der Waals surface area contributed by atoms with Gasteiger partial charge in [0.15, 0.2) is 5.82 Å². The summed E-state index contributed by atoms with van der Waals surface area (Å²) >= 11 is 0. The number of aromatic carboxylic acids is 1. The van der Waals surface area contributed by atoms with E-state index in [1.165, 1.54) is 0 Å². The molecule has 1 saturated heterocycles. The number of likely N-dealkylation sites (tertiary alicyclic amines) is 1. The summed E-state index contributed by atoms with van der Waals surface area (Å²) < 4.78 is 11.2. The van der Waals surface area contributed by atoms with Crippen LogP contribution < -0.4 is 0 Å². The Kier molecular flexibility index (Phi) is 4.30. The highest BCUT2D eigenvalue weighted by Gasteiger charge is 2.28. The van der Waals surface area contributed by atoms with Crippen molar-refractivity contribution in [1.82, 2.24) is 15.0 Å². The van der Waals surface area contributed by atoms with E-state index in [1.54, 1.807) is 24.3 Å². The number of carboxylic acids is 1. The molecule has 4 rings (SSSR count). The van der Waals surface area contributed by atoms with Gasteiger partial charge in [0.2, 0.25) is 5.89 Å². The lowest BCUT2D eigenvalue weighted by Crippen LogP contribution is -2.19. The molecule has 1 aliphatic heterocycles. The van der Waals surface area contributed by atoms with Crippen LogP contribution in [0.25, 0.3) is 11.3 Å². The second-order valence-electron chi connectivity index (χ2n) is 6.52. The van der Waals surface area contributed by atoms with Crippen molar-refractivity contribution in [3.05, 3.63) is 59.4 Å². The highest BCUT2D eigenvalue weighted by atomic mass is 16.5. The molecule has 2 aromatic heterocycles. The molecule has 0 aliphatic carbocycles. The van der Waals surface area contributed by atoms with Crippen molar-refractivity contribution in [2.45, 2.75) is 25.8 Å². The summed E-state index contributed by atoms with van der Waals surface area (Å²) in [5.41, 5.74) is 0.827. The van der Waals surface area contributed by atoms with E-state index in [2.05, 4.69) is 15.0 Å². The fourth-order valence-corrected chi connectivity index (χ4v) is 3.37. The monoisotopic (exact) mass is 353 g/mol. The molecule has 1 fully saturated rings. The summed E-state index contributed by atoms with van der Waals surface area (Å²) in [5.74, 6) is 2.02. The van der Waals surface area contributed by atoms with E-state index in [4.69, 9.17) is 8.94 Å². The second-order valence-corrected chi connectivity index (χ2v) is 6.52. The molecule has 0 saturated carbocycles. The van der Waals surface area contributed by atoms with Gasteiger partial charge >= 0.3 is 5.97 Å². The molecule has 1 atom stereocenters. The van der Waals surface area contributed by atoms with Gasteiger partial charge in [0.05, 0.1) is 18.0 Å². The lowest BCUT2D eigenvalue weighted by atomic mass is 10.1. The Bertz CT molecular complexity index is 930. The lowest BCUT2D eigenvalue weighted by molar-refractivity contribution is 0.0697. The van der Waals surface area contributed by atoms with E-state index >= 15 is 0 Å². The van der Waals surface area contributed by atoms with E-state index < -0.39 is 5.97 Å². The third-order valence-corrected chi connectivity index (χ3v) is 4.63. The Balaban J connectivity index is 1.46. The minimum absolute atomic E-state index is 0.237. The molecule has 26 heavy (non-hydrogen) atoms. The first-order valence-electron chi connectivity index (χ1n) is 8.54. The fraction of sp³-hybridized carbons (Fsp3) is 0.316. The standard InChI is InChI=1S/C19H19N3O4/c1-12-20-18(26-21-12)13-8-9-22(10-13)11-14-6-7-17(25-14)15-4-2-3-5-16(15)19(23)24/h2-7,13H,8-11H2,1H3,(H,23,24)/t13-/m0/s1. The van der Waals surface area contributed by atoms with Gasteiger partial charge in [-0.3, -0.25) is 4.90 Å². The van der Waals surface area contributed by atoms with Crippen molar-refractivity contribution >= 4 is 5.97 Å². The fourth-order valence-electron chi connectivity index (χ4n) is 3.37. The van der Waals surface area contributed by atoms with Gasteiger partial charge in [0.25, 0.3) is 0 Å². The lowest BCUT2D eigenvalue weighted by Gasteiger charge is -2.13. The highest BCUT2D eigenvalue weighted by molar-refractivity contribution is 5.95. The summed E-state index contributed by atoms with van der Waals surface area (Å²) in [6, 6.07) is 10.6. The first-order valence-corrected chi connectivity index (χ1v) is 8.54. The maximum Gasteiger partial charge on any atom is 0.336 e. The molecule has 0 unspecified atom stereocenters. The summed E-state index contributed by atoms with van der Waals surface area (Å²) in [6.07, 6.45) is 0.969. The van der Waals surface area contributed by atoms with Crippen molar-refractivity contribution in [1.29, 1.82) is 0 Å². The molecular formula is C19H19N3O4. The van der Waals surface area contributed by atoms with Crippen molar-refractivity contribution in [3.8, 4) is 11.3 Å². The number of rotatable bonds is 5. The van der Waals surface area contributed by atoms with Gasteiger partial charge in [-0.15, -0.1) is 0 Å². The first kappa shape index (κ1) is 16.5. The Hall–Kier alpha value is -2.93. The second kappa shape index (κ2) is 6.76. The Morgan fingerprint density at radius 1 is 1.31 bits per heavy atom. The van der Waals surface area contributed by atoms with E-state index in [0.29, 0.717) is 29.6 Å². The number of aromatic nitrogens is 2. The zero-order chi connectivity index (χ0) is 18.1. The number of hydrogen-bond acceptors (Lipinski definition) is 6. The van der Waals surface area contributed by atoms with Crippen LogP contribution >= 0.6 is 0 Å². The molecule has 1 aromatic carbocycles. The quantitative estimate of drug-likeness (QED) is 0.752. The molecule has 3 aromatic rings. The largest absolute Gasteiger partial charge is 0.478 e. The average Bonchev–Trinajstić information content (AvgIpc) is 3.36. The average molecular weight is 353 g/mol. The van der Waals surface area contributed by atoms with E-state index in [-0.39, 0.29) is 11.5 Å². The summed E-state index contributed by atoms with van der Waals surface area (Å²) in [7, 11) is 0. The predicted octanol–water partition coefficient (Wildman–Crippen LogP) is 3.33. The van der Waals surface area contributed by atoms with Crippen LogP contribution in [0.5, 0.6) is 0 Å². The maximum absolute atomic E-state index is 11.4. The van der Waals surface area contributed by atoms with Crippen molar-refractivity contribution in [2.75, 3.05) is 13.1 Å². The van der Waals surface area contributed by atoms with Gasteiger partial charge < -0.3 is 14.0 Å². The van der Waals surface area contributed by atoms with E-state index in [0.717, 1.165) is 25.3 Å². The number of furan rings is 1. The van der Waals surface area contributed by atoms with Gasteiger partial charge in [-0.25, -0.2) is 4.79 Å². The third kappa shape index (κ3) is 3.25. The number of hydrogen-bond donors (Lipinski definition) is 1. The number of aryl methyl sites for hydroxylation is 1. The van der Waals surface area contributed by atoms with Crippen LogP contribution in [0.15, 0.2) is 45.3 Å². The molecular weight excluding hydrogens is 334 g/mol. The van der Waals surface area contributed by atoms with Crippen LogP contribution in [0.3, 0.4) is 0 Å². The minimum atomic E-state index is -0.962. The van der Waals surface area contributed by atoms with Gasteiger partial charge in [-0.05, 0) is 38.1 Å². The predicted molar refractivity (Wildman–Crippen MR) is 92.8 cm³/mol. The molecule has 1 N–H and O–H groups in total. The van der Waals surface area contributed by atoms with Crippen LogP contribution in [-0.4, -0.2) is 39.2 Å². The van der Waals surface area contributed by atoms with Crippen LogP contribution in [0.1, 0.15) is 40.2 Å². The summed E-state index contributed by atoms with van der Waals surface area (Å²) in [5, 5.41) is 13.2. The summed E-state index contributed by atoms with van der Waals surface area (Å²) in [6.45, 7) is 4.25. The minimum Gasteiger partial charge on any atom is -0.478 e. The molecule has 1 aliphatic rings. The van der Waals surface area contributed by atoms with Gasteiger partial charge in [0.1, 0.15) is 11.5 Å². The van der Waals surface area contributed by atoms with Crippen LogP contribution in [-0.2, 0) is 6.54 Å². The molecule has 0 spiro atoms. The third-order valence-electron chi connectivity index (χ3n) is 4.63. The molecule has 3 heterocycles. The van der Waals surface area contributed by atoms with Gasteiger partial charge in [0, 0.05) is 12.1 Å². The summed E-state index contributed by atoms with van der Waals surface area (Å²) in [4.78, 5) is 18.0. The number of nitrogens with zero attached hydrogens (tertiary/aromatic N) is 3. The molecule has 7 heteroatoms. The van der Waals surface area contributed by atoms with Gasteiger partial charge in [-0.1, -0.05) is 23.4 Å². The zero-order valence-electron chi connectivity index (χ0n) is 14.4. The highest BCUT2D eigenvalue weighted by Crippen LogP contribution is 2.29. The molecule has 0 amide bonds. The number of benzene rings is 1. The van der Waals surface area contributed by atoms with Gasteiger partial charge in [-0.2, -0.15) is 4.98 Å².